The molecule has 0 bridgehead atoms. The molecule has 0 radical (unpaired) electrons. The van der Waals surface area contributed by atoms with Crippen LogP contribution in [0.1, 0.15) is 19.8 Å². The van der Waals surface area contributed by atoms with Gasteiger partial charge in [0.05, 0.1) is 18.6 Å². The first-order valence-corrected chi connectivity index (χ1v) is 9.61. The first kappa shape index (κ1) is 17.0. The Hall–Kier alpha value is -1.80. The van der Waals surface area contributed by atoms with E-state index in [1.807, 2.05) is 24.3 Å². The molecule has 6 nitrogen and oxygen atoms in total. The highest BCUT2D eigenvalue weighted by molar-refractivity contribution is 8.01. The van der Waals surface area contributed by atoms with Crippen LogP contribution in [0.25, 0.3) is 0 Å². The van der Waals surface area contributed by atoms with Gasteiger partial charge in [0.2, 0.25) is 11.0 Å². The van der Waals surface area contributed by atoms with Gasteiger partial charge in [0.25, 0.3) is 0 Å². The molecule has 1 aromatic carbocycles. The zero-order chi connectivity index (χ0) is 16.9. The number of para-hydroxylation sites is 2. The molecule has 0 spiro atoms. The van der Waals surface area contributed by atoms with Crippen LogP contribution in [0.15, 0.2) is 28.6 Å². The quantitative estimate of drug-likeness (QED) is 0.700. The Kier molecular flexibility index (Phi) is 5.57. The first-order chi connectivity index (χ1) is 11.7. The van der Waals surface area contributed by atoms with E-state index in [1.165, 1.54) is 35.9 Å². The van der Waals surface area contributed by atoms with Gasteiger partial charge in [-0.2, -0.15) is 0 Å². The Labute approximate surface area is 149 Å². The van der Waals surface area contributed by atoms with Crippen LogP contribution in [0, 0.1) is 5.92 Å². The number of methoxy groups -OCH3 is 1. The normalized spacial score (nSPS) is 14.9. The summed E-state index contributed by atoms with van der Waals surface area (Å²) < 4.78 is 6.07. The van der Waals surface area contributed by atoms with Gasteiger partial charge in [-0.1, -0.05) is 35.2 Å². The fourth-order valence-corrected chi connectivity index (χ4v) is 3.89. The molecule has 1 fully saturated rings. The molecule has 1 heterocycles. The molecule has 1 atom stereocenters. The van der Waals surface area contributed by atoms with Gasteiger partial charge < -0.3 is 15.4 Å². The van der Waals surface area contributed by atoms with Crippen LogP contribution < -0.4 is 15.4 Å². The van der Waals surface area contributed by atoms with Crippen molar-refractivity contribution in [1.29, 1.82) is 0 Å². The van der Waals surface area contributed by atoms with Crippen molar-refractivity contribution >= 4 is 39.8 Å². The molecule has 1 unspecified atom stereocenters. The fourth-order valence-electron chi connectivity index (χ4n) is 2.32. The fraction of sp³-hybridized carbons (Fsp3) is 0.438. The minimum Gasteiger partial charge on any atom is -0.495 e. The highest BCUT2D eigenvalue weighted by Gasteiger charge is 2.28. The van der Waals surface area contributed by atoms with E-state index in [0.717, 1.165) is 15.8 Å². The molecule has 1 amide bonds. The second-order valence-corrected chi connectivity index (χ2v) is 7.88. The Morgan fingerprint density at radius 3 is 2.96 bits per heavy atom. The molecule has 1 aromatic heterocycles. The summed E-state index contributed by atoms with van der Waals surface area (Å²) in [6.45, 7) is 2.07. The van der Waals surface area contributed by atoms with Crippen LogP contribution in [-0.2, 0) is 4.79 Å². The van der Waals surface area contributed by atoms with Crippen LogP contribution in [-0.4, -0.2) is 35.0 Å². The Morgan fingerprint density at radius 1 is 1.42 bits per heavy atom. The number of hydrogen-bond donors (Lipinski definition) is 2. The van der Waals surface area contributed by atoms with Crippen LogP contribution in [0.4, 0.5) is 10.8 Å². The van der Waals surface area contributed by atoms with Crippen LogP contribution in [0.3, 0.4) is 0 Å². The number of anilines is 2. The maximum Gasteiger partial charge on any atom is 0.230 e. The van der Waals surface area contributed by atoms with Crippen LogP contribution in [0.5, 0.6) is 5.75 Å². The van der Waals surface area contributed by atoms with E-state index in [2.05, 4.69) is 27.8 Å². The van der Waals surface area contributed by atoms with E-state index >= 15 is 0 Å². The minimum atomic E-state index is 0.0498. The summed E-state index contributed by atoms with van der Waals surface area (Å²) >= 11 is 2.83. The van der Waals surface area contributed by atoms with Crippen molar-refractivity contribution in [1.82, 2.24) is 15.5 Å². The lowest BCUT2D eigenvalue weighted by Crippen LogP contribution is -2.35. The molecule has 1 aliphatic rings. The largest absolute Gasteiger partial charge is 0.495 e. The number of thioether (sulfide) groups is 1. The third-order valence-corrected chi connectivity index (χ3v) is 5.77. The van der Waals surface area contributed by atoms with Gasteiger partial charge >= 0.3 is 0 Å². The number of carbonyl (C=O) groups excluding carboxylic acids is 1. The van der Waals surface area contributed by atoms with E-state index in [-0.39, 0.29) is 11.9 Å². The third kappa shape index (κ3) is 4.61. The summed E-state index contributed by atoms with van der Waals surface area (Å²) in [4.78, 5) is 11.9. The molecule has 2 aromatic rings. The molecule has 128 valence electrons. The Balaban J connectivity index is 1.50. The second kappa shape index (κ2) is 7.85. The maximum atomic E-state index is 11.9. The topological polar surface area (TPSA) is 76.1 Å². The number of carbonyl (C=O) groups is 1. The molecule has 8 heteroatoms. The molecule has 1 saturated carbocycles. The molecule has 24 heavy (non-hydrogen) atoms. The lowest BCUT2D eigenvalue weighted by Gasteiger charge is -2.11. The maximum absolute atomic E-state index is 11.9. The monoisotopic (exact) mass is 364 g/mol. The number of nitrogens with one attached hydrogen (secondary N) is 2. The summed E-state index contributed by atoms with van der Waals surface area (Å²) in [5, 5.41) is 15.1. The Bertz CT molecular complexity index is 703. The average molecular weight is 364 g/mol. The van der Waals surface area contributed by atoms with Crippen LogP contribution in [0.2, 0.25) is 0 Å². The number of nitrogens with zero attached hydrogens (tertiary/aromatic N) is 2. The number of aromatic nitrogens is 2. The van der Waals surface area contributed by atoms with Gasteiger partial charge in [0.1, 0.15) is 5.75 Å². The molecule has 1 aliphatic carbocycles. The van der Waals surface area contributed by atoms with Gasteiger partial charge in [0, 0.05) is 6.04 Å². The van der Waals surface area contributed by atoms with Crippen molar-refractivity contribution in [3.63, 3.8) is 0 Å². The number of benzene rings is 1. The molecular weight excluding hydrogens is 344 g/mol. The van der Waals surface area contributed by atoms with E-state index in [4.69, 9.17) is 4.74 Å². The third-order valence-electron chi connectivity index (χ3n) is 3.80. The zero-order valence-electron chi connectivity index (χ0n) is 13.6. The van der Waals surface area contributed by atoms with Crippen molar-refractivity contribution in [3.05, 3.63) is 24.3 Å². The van der Waals surface area contributed by atoms with E-state index < -0.39 is 0 Å². The second-order valence-electron chi connectivity index (χ2n) is 5.68. The molecule has 2 N–H and O–H groups in total. The number of ether oxygens (including phenoxy) is 1. The van der Waals surface area contributed by atoms with Gasteiger partial charge in [-0.3, -0.25) is 4.79 Å². The van der Waals surface area contributed by atoms with Crippen LogP contribution >= 0.6 is 23.1 Å². The van der Waals surface area contributed by atoms with Gasteiger partial charge in [-0.15, -0.1) is 10.2 Å². The standard InChI is InChI=1S/C16H20N4O2S2/c1-10(11-7-8-11)17-14(21)9-23-16-20-19-15(24-16)18-12-5-3-4-6-13(12)22-2/h3-6,10-11H,7-9H2,1-2H3,(H,17,21)(H,18,19). The lowest BCUT2D eigenvalue weighted by atomic mass is 10.2. The zero-order valence-corrected chi connectivity index (χ0v) is 15.2. The molecule has 3 rings (SSSR count). The summed E-state index contributed by atoms with van der Waals surface area (Å²) in [5.41, 5.74) is 0.837. The first-order valence-electron chi connectivity index (χ1n) is 7.81. The SMILES string of the molecule is COc1ccccc1Nc1nnc(SCC(=O)NC(C)C2CC2)s1. The lowest BCUT2D eigenvalue weighted by molar-refractivity contribution is -0.119. The predicted molar refractivity (Wildman–Crippen MR) is 97.2 cm³/mol. The summed E-state index contributed by atoms with van der Waals surface area (Å²) in [6, 6.07) is 7.90. The van der Waals surface area contributed by atoms with Crippen molar-refractivity contribution in [3.8, 4) is 5.75 Å². The summed E-state index contributed by atoms with van der Waals surface area (Å²) in [5.74, 6) is 1.82. The van der Waals surface area contributed by atoms with Crippen molar-refractivity contribution < 1.29 is 9.53 Å². The average Bonchev–Trinajstić information content (AvgIpc) is 3.35. The van der Waals surface area contributed by atoms with Crippen molar-refractivity contribution in [2.24, 2.45) is 5.92 Å². The van der Waals surface area contributed by atoms with Crippen molar-refractivity contribution in [2.45, 2.75) is 30.1 Å². The van der Waals surface area contributed by atoms with E-state index in [0.29, 0.717) is 16.8 Å². The van der Waals surface area contributed by atoms with E-state index in [9.17, 15) is 4.79 Å². The highest BCUT2D eigenvalue weighted by Crippen LogP contribution is 2.33. The van der Waals surface area contributed by atoms with E-state index in [1.54, 1.807) is 7.11 Å². The van der Waals surface area contributed by atoms with Gasteiger partial charge in [-0.25, -0.2) is 0 Å². The molecule has 0 aliphatic heterocycles. The predicted octanol–water partition coefficient (Wildman–Crippen LogP) is 3.30. The highest BCUT2D eigenvalue weighted by atomic mass is 32.2. The summed E-state index contributed by atoms with van der Waals surface area (Å²) in [7, 11) is 1.63. The van der Waals surface area contributed by atoms with Crippen molar-refractivity contribution in [2.75, 3.05) is 18.2 Å². The number of hydrogen-bond acceptors (Lipinski definition) is 7. The Morgan fingerprint density at radius 2 is 2.21 bits per heavy atom. The smallest absolute Gasteiger partial charge is 0.230 e. The number of rotatable bonds is 8. The minimum absolute atomic E-state index is 0.0498. The number of amides is 1. The van der Waals surface area contributed by atoms with Gasteiger partial charge in [-0.05, 0) is 37.8 Å². The summed E-state index contributed by atoms with van der Waals surface area (Å²) in [6.07, 6.45) is 2.45. The molecule has 0 saturated heterocycles. The molecular formula is C16H20N4O2S2. The van der Waals surface area contributed by atoms with Gasteiger partial charge in [0.15, 0.2) is 4.34 Å².